The van der Waals surface area contributed by atoms with Gasteiger partial charge in [0.05, 0.1) is 0 Å². The van der Waals surface area contributed by atoms with Gasteiger partial charge in [0.1, 0.15) is 0 Å². The van der Waals surface area contributed by atoms with Crippen molar-refractivity contribution < 1.29 is 0 Å². The summed E-state index contributed by atoms with van der Waals surface area (Å²) in [6.45, 7) is 3.92. The Balaban J connectivity index is 1.61. The van der Waals surface area contributed by atoms with Crippen molar-refractivity contribution in [3.05, 3.63) is 0 Å². The number of rotatable bonds is 3. The summed E-state index contributed by atoms with van der Waals surface area (Å²) in [6, 6.07) is 0.842. The molecule has 0 radical (unpaired) electrons. The van der Waals surface area contributed by atoms with Crippen molar-refractivity contribution in [2.24, 2.45) is 5.92 Å². The SMILES string of the molecule is CN1CCC(CCC2CCCCN2)C1. The number of hydrogen-bond acceptors (Lipinski definition) is 2. The Bertz CT molecular complexity index is 159. The predicted octanol–water partition coefficient (Wildman–Crippen LogP) is 1.86. The van der Waals surface area contributed by atoms with Crippen LogP contribution >= 0.6 is 0 Å². The highest BCUT2D eigenvalue weighted by molar-refractivity contribution is 4.77. The van der Waals surface area contributed by atoms with Gasteiger partial charge >= 0.3 is 0 Å². The molecule has 0 aromatic heterocycles. The third kappa shape index (κ3) is 2.96. The van der Waals surface area contributed by atoms with Gasteiger partial charge < -0.3 is 10.2 Å². The molecule has 0 aromatic rings. The molecule has 2 saturated heterocycles. The molecule has 1 N–H and O–H groups in total. The molecule has 0 saturated carbocycles. The van der Waals surface area contributed by atoms with Gasteiger partial charge in [0, 0.05) is 12.6 Å². The minimum Gasteiger partial charge on any atom is -0.314 e. The summed E-state index contributed by atoms with van der Waals surface area (Å²) in [6.07, 6.45) is 8.55. The molecule has 0 bridgehead atoms. The lowest BCUT2D eigenvalue weighted by Crippen LogP contribution is -2.34. The zero-order valence-electron chi connectivity index (χ0n) is 9.47. The van der Waals surface area contributed by atoms with Gasteiger partial charge in [0.25, 0.3) is 0 Å². The van der Waals surface area contributed by atoms with Gasteiger partial charge in [-0.05, 0) is 58.2 Å². The Morgan fingerprint density at radius 3 is 2.79 bits per heavy atom. The monoisotopic (exact) mass is 196 g/mol. The molecular formula is C12H24N2. The summed E-state index contributed by atoms with van der Waals surface area (Å²) in [5.41, 5.74) is 0. The normalized spacial score (nSPS) is 34.9. The first-order valence-electron chi connectivity index (χ1n) is 6.26. The summed E-state index contributed by atoms with van der Waals surface area (Å²) in [4.78, 5) is 2.47. The smallest absolute Gasteiger partial charge is 0.00671 e. The van der Waals surface area contributed by atoms with E-state index in [-0.39, 0.29) is 0 Å². The van der Waals surface area contributed by atoms with Crippen LogP contribution < -0.4 is 5.32 Å². The van der Waals surface area contributed by atoms with E-state index in [1.165, 1.54) is 58.2 Å². The van der Waals surface area contributed by atoms with E-state index < -0.39 is 0 Å². The molecule has 0 spiro atoms. The highest BCUT2D eigenvalue weighted by atomic mass is 15.1. The van der Waals surface area contributed by atoms with E-state index >= 15 is 0 Å². The molecule has 2 aliphatic heterocycles. The predicted molar refractivity (Wildman–Crippen MR) is 60.5 cm³/mol. The second-order valence-electron chi connectivity index (χ2n) is 5.14. The standard InChI is InChI=1S/C12H24N2/c1-14-9-7-11(10-14)5-6-12-4-2-3-8-13-12/h11-13H,2-10H2,1H3. The topological polar surface area (TPSA) is 15.3 Å². The molecule has 2 fully saturated rings. The highest BCUT2D eigenvalue weighted by Crippen LogP contribution is 2.22. The number of nitrogens with zero attached hydrogens (tertiary/aromatic N) is 1. The van der Waals surface area contributed by atoms with Crippen LogP contribution in [0.5, 0.6) is 0 Å². The van der Waals surface area contributed by atoms with Crippen LogP contribution in [0, 0.1) is 5.92 Å². The van der Waals surface area contributed by atoms with Crippen molar-refractivity contribution in [3.63, 3.8) is 0 Å². The maximum Gasteiger partial charge on any atom is 0.00671 e. The van der Waals surface area contributed by atoms with Crippen molar-refractivity contribution in [2.45, 2.75) is 44.6 Å². The molecule has 2 heteroatoms. The Labute approximate surface area is 88.1 Å². The van der Waals surface area contributed by atoms with E-state index in [2.05, 4.69) is 17.3 Å². The Morgan fingerprint density at radius 1 is 1.21 bits per heavy atom. The Morgan fingerprint density at radius 2 is 2.14 bits per heavy atom. The van der Waals surface area contributed by atoms with E-state index in [0.717, 1.165) is 12.0 Å². The quantitative estimate of drug-likeness (QED) is 0.741. The van der Waals surface area contributed by atoms with E-state index in [9.17, 15) is 0 Å². The maximum atomic E-state index is 3.64. The largest absolute Gasteiger partial charge is 0.314 e. The fraction of sp³-hybridized carbons (Fsp3) is 1.00. The summed E-state index contributed by atoms with van der Waals surface area (Å²) >= 11 is 0. The lowest BCUT2D eigenvalue weighted by molar-refractivity contribution is 0.337. The number of piperidine rings is 1. The molecule has 14 heavy (non-hydrogen) atoms. The molecule has 2 aliphatic rings. The molecule has 2 rings (SSSR count). The third-order valence-corrected chi connectivity index (χ3v) is 3.82. The van der Waals surface area contributed by atoms with Crippen LogP contribution in [-0.4, -0.2) is 37.6 Å². The van der Waals surface area contributed by atoms with Gasteiger partial charge in [-0.25, -0.2) is 0 Å². The summed E-state index contributed by atoms with van der Waals surface area (Å²) in [5.74, 6) is 0.990. The van der Waals surface area contributed by atoms with Crippen molar-refractivity contribution in [1.82, 2.24) is 10.2 Å². The minimum absolute atomic E-state index is 0.842. The molecule has 2 nitrogen and oxygen atoms in total. The van der Waals surface area contributed by atoms with Crippen molar-refractivity contribution in [1.29, 1.82) is 0 Å². The number of hydrogen-bond donors (Lipinski definition) is 1. The fourth-order valence-corrected chi connectivity index (χ4v) is 2.87. The molecule has 0 amide bonds. The van der Waals surface area contributed by atoms with Gasteiger partial charge in [-0.15, -0.1) is 0 Å². The molecule has 2 atom stereocenters. The van der Waals surface area contributed by atoms with Crippen LogP contribution in [0.4, 0.5) is 0 Å². The first-order chi connectivity index (χ1) is 6.84. The van der Waals surface area contributed by atoms with Crippen LogP contribution in [0.15, 0.2) is 0 Å². The van der Waals surface area contributed by atoms with Crippen molar-refractivity contribution in [2.75, 3.05) is 26.7 Å². The van der Waals surface area contributed by atoms with E-state index in [1.54, 1.807) is 0 Å². The average Bonchev–Trinajstić information content (AvgIpc) is 2.63. The third-order valence-electron chi connectivity index (χ3n) is 3.82. The van der Waals surface area contributed by atoms with Gasteiger partial charge in [0.15, 0.2) is 0 Å². The van der Waals surface area contributed by atoms with Gasteiger partial charge in [-0.1, -0.05) is 6.42 Å². The van der Waals surface area contributed by atoms with Gasteiger partial charge in [0.2, 0.25) is 0 Å². The van der Waals surface area contributed by atoms with Gasteiger partial charge in [-0.3, -0.25) is 0 Å². The lowest BCUT2D eigenvalue weighted by Gasteiger charge is -2.24. The Kier molecular flexibility index (Phi) is 3.82. The second-order valence-corrected chi connectivity index (χ2v) is 5.14. The summed E-state index contributed by atoms with van der Waals surface area (Å²) < 4.78 is 0. The highest BCUT2D eigenvalue weighted by Gasteiger charge is 2.21. The Hall–Kier alpha value is -0.0800. The molecular weight excluding hydrogens is 172 g/mol. The van der Waals surface area contributed by atoms with Crippen molar-refractivity contribution in [3.8, 4) is 0 Å². The van der Waals surface area contributed by atoms with E-state index in [4.69, 9.17) is 0 Å². The summed E-state index contributed by atoms with van der Waals surface area (Å²) in [5, 5.41) is 3.64. The second kappa shape index (κ2) is 5.13. The van der Waals surface area contributed by atoms with E-state index in [1.807, 2.05) is 0 Å². The van der Waals surface area contributed by atoms with Crippen molar-refractivity contribution >= 4 is 0 Å². The number of nitrogens with one attached hydrogen (secondary N) is 1. The molecule has 0 aromatic carbocycles. The molecule has 2 heterocycles. The molecule has 82 valence electrons. The maximum absolute atomic E-state index is 3.64. The zero-order valence-corrected chi connectivity index (χ0v) is 9.47. The van der Waals surface area contributed by atoms with Crippen LogP contribution in [0.3, 0.4) is 0 Å². The molecule has 2 unspecified atom stereocenters. The van der Waals surface area contributed by atoms with Crippen LogP contribution in [0.25, 0.3) is 0 Å². The zero-order chi connectivity index (χ0) is 9.80. The summed E-state index contributed by atoms with van der Waals surface area (Å²) in [7, 11) is 2.25. The van der Waals surface area contributed by atoms with Gasteiger partial charge in [-0.2, -0.15) is 0 Å². The van der Waals surface area contributed by atoms with E-state index in [0.29, 0.717) is 0 Å². The van der Waals surface area contributed by atoms with Crippen LogP contribution in [0.1, 0.15) is 38.5 Å². The number of likely N-dealkylation sites (tertiary alicyclic amines) is 1. The van der Waals surface area contributed by atoms with Crippen LogP contribution in [-0.2, 0) is 0 Å². The first kappa shape index (κ1) is 10.4. The fourth-order valence-electron chi connectivity index (χ4n) is 2.87. The lowest BCUT2D eigenvalue weighted by atomic mass is 9.95. The minimum atomic E-state index is 0.842. The molecule has 0 aliphatic carbocycles. The average molecular weight is 196 g/mol. The first-order valence-corrected chi connectivity index (χ1v) is 6.26. The van der Waals surface area contributed by atoms with Crippen LogP contribution in [0.2, 0.25) is 0 Å².